The van der Waals surface area contributed by atoms with Crippen LogP contribution in [0.1, 0.15) is 33.1 Å². The number of piperazine rings is 1. The van der Waals surface area contributed by atoms with Gasteiger partial charge in [-0.1, -0.05) is 6.07 Å². The molecule has 1 aromatic heterocycles. The number of aliphatic carboxylic acids is 1. The number of aromatic nitrogens is 1. The number of likely N-dealkylation sites (tertiary alicyclic amines) is 1. The Balaban J connectivity index is 1.51. The van der Waals surface area contributed by atoms with Gasteiger partial charge in [0.2, 0.25) is 0 Å². The number of amides is 2. The van der Waals surface area contributed by atoms with Crippen LogP contribution >= 0.6 is 0 Å². The van der Waals surface area contributed by atoms with Gasteiger partial charge >= 0.3 is 12.0 Å². The van der Waals surface area contributed by atoms with E-state index in [4.69, 9.17) is 0 Å². The van der Waals surface area contributed by atoms with E-state index in [1.54, 1.807) is 0 Å². The second-order valence-electron chi connectivity index (χ2n) is 8.76. The Labute approximate surface area is 179 Å². The molecular formula is C22H35N5O3. The van der Waals surface area contributed by atoms with Crippen molar-refractivity contribution in [2.75, 3.05) is 50.7 Å². The Hall–Kier alpha value is -2.35. The normalized spacial score (nSPS) is 22.9. The van der Waals surface area contributed by atoms with Gasteiger partial charge in [-0.2, -0.15) is 0 Å². The lowest BCUT2D eigenvalue weighted by Crippen LogP contribution is -2.51. The fourth-order valence-corrected chi connectivity index (χ4v) is 4.51. The maximum atomic E-state index is 12.4. The number of hydrogen-bond acceptors (Lipinski definition) is 5. The van der Waals surface area contributed by atoms with Gasteiger partial charge in [0.05, 0.1) is 0 Å². The van der Waals surface area contributed by atoms with E-state index in [1.807, 2.05) is 43.1 Å². The number of nitrogens with one attached hydrogen (secondary N) is 1. The van der Waals surface area contributed by atoms with E-state index in [0.29, 0.717) is 13.1 Å². The summed E-state index contributed by atoms with van der Waals surface area (Å²) >= 11 is 0. The summed E-state index contributed by atoms with van der Waals surface area (Å²) in [6.45, 7) is 9.98. The molecule has 2 unspecified atom stereocenters. The highest BCUT2D eigenvalue weighted by molar-refractivity contribution is 5.74. The lowest BCUT2D eigenvalue weighted by atomic mass is 9.81. The van der Waals surface area contributed by atoms with E-state index >= 15 is 0 Å². The van der Waals surface area contributed by atoms with Crippen LogP contribution in [0.5, 0.6) is 0 Å². The zero-order valence-corrected chi connectivity index (χ0v) is 18.2. The molecule has 2 atom stereocenters. The average Bonchev–Trinajstić information content (AvgIpc) is 2.73. The minimum absolute atomic E-state index is 0.0345. The quantitative estimate of drug-likeness (QED) is 0.707. The molecule has 8 nitrogen and oxygen atoms in total. The first-order valence-electron chi connectivity index (χ1n) is 11.1. The number of rotatable bonds is 7. The molecule has 0 saturated carbocycles. The van der Waals surface area contributed by atoms with Crippen molar-refractivity contribution in [3.63, 3.8) is 0 Å². The topological polar surface area (TPSA) is 89.0 Å². The number of nitrogens with zero attached hydrogens (tertiary/aromatic N) is 4. The molecule has 0 bridgehead atoms. The molecule has 0 radical (unpaired) electrons. The second kappa shape index (κ2) is 10.6. The number of anilines is 1. The van der Waals surface area contributed by atoms with Crippen molar-refractivity contribution >= 4 is 17.8 Å². The number of carboxylic acid groups (broad SMARTS) is 1. The fraction of sp³-hybridized carbons (Fsp3) is 0.682. The molecule has 0 aliphatic carbocycles. The van der Waals surface area contributed by atoms with Crippen LogP contribution in [-0.4, -0.2) is 83.7 Å². The third-order valence-electron chi connectivity index (χ3n) is 6.19. The highest BCUT2D eigenvalue weighted by Gasteiger charge is 2.33. The first-order chi connectivity index (χ1) is 14.4. The Bertz CT molecular complexity index is 691. The minimum atomic E-state index is -0.742. The molecule has 2 aliphatic heterocycles. The largest absolute Gasteiger partial charge is 0.481 e. The molecule has 2 aliphatic rings. The lowest BCUT2D eigenvalue weighted by Gasteiger charge is -2.40. The van der Waals surface area contributed by atoms with Crippen LogP contribution in [0.4, 0.5) is 10.6 Å². The van der Waals surface area contributed by atoms with Gasteiger partial charge in [-0.15, -0.1) is 0 Å². The Morgan fingerprint density at radius 1 is 1.17 bits per heavy atom. The van der Waals surface area contributed by atoms with Crippen LogP contribution in [0.25, 0.3) is 0 Å². The molecule has 166 valence electrons. The number of urea groups is 1. The summed E-state index contributed by atoms with van der Waals surface area (Å²) in [5, 5.41) is 12.3. The Morgan fingerprint density at radius 3 is 2.57 bits per heavy atom. The summed E-state index contributed by atoms with van der Waals surface area (Å²) in [4.78, 5) is 34.8. The molecule has 3 heterocycles. The van der Waals surface area contributed by atoms with Gasteiger partial charge in [0.1, 0.15) is 5.82 Å². The maximum Gasteiger partial charge on any atom is 0.317 e. The van der Waals surface area contributed by atoms with Crippen LogP contribution < -0.4 is 10.2 Å². The highest BCUT2D eigenvalue weighted by atomic mass is 16.4. The summed E-state index contributed by atoms with van der Waals surface area (Å²) in [6.07, 6.45) is 3.70. The zero-order chi connectivity index (χ0) is 21.5. The van der Waals surface area contributed by atoms with Crippen LogP contribution in [0.2, 0.25) is 0 Å². The number of carboxylic acids is 1. The molecular weight excluding hydrogens is 382 g/mol. The zero-order valence-electron chi connectivity index (χ0n) is 18.2. The predicted octanol–water partition coefficient (Wildman–Crippen LogP) is 2.12. The molecule has 0 spiro atoms. The third kappa shape index (κ3) is 6.32. The first-order valence-corrected chi connectivity index (χ1v) is 11.1. The van der Waals surface area contributed by atoms with E-state index in [2.05, 4.69) is 20.1 Å². The van der Waals surface area contributed by atoms with Crippen LogP contribution in [-0.2, 0) is 4.79 Å². The predicted molar refractivity (Wildman–Crippen MR) is 117 cm³/mol. The smallest absolute Gasteiger partial charge is 0.317 e. The van der Waals surface area contributed by atoms with Gasteiger partial charge in [0.25, 0.3) is 0 Å². The lowest BCUT2D eigenvalue weighted by molar-refractivity contribution is -0.139. The first kappa shape index (κ1) is 22.3. The van der Waals surface area contributed by atoms with Gasteiger partial charge in [0.15, 0.2) is 0 Å². The van der Waals surface area contributed by atoms with E-state index < -0.39 is 5.97 Å². The average molecular weight is 418 g/mol. The summed E-state index contributed by atoms with van der Waals surface area (Å²) < 4.78 is 0. The van der Waals surface area contributed by atoms with Crippen molar-refractivity contribution in [3.8, 4) is 0 Å². The number of carbonyl (C=O) groups excluding carboxylic acids is 1. The van der Waals surface area contributed by atoms with Gasteiger partial charge in [-0.25, -0.2) is 9.78 Å². The van der Waals surface area contributed by atoms with Crippen LogP contribution in [0, 0.1) is 11.8 Å². The van der Waals surface area contributed by atoms with Crippen molar-refractivity contribution in [1.82, 2.24) is 20.1 Å². The van der Waals surface area contributed by atoms with Crippen molar-refractivity contribution in [1.29, 1.82) is 0 Å². The Kier molecular flexibility index (Phi) is 7.90. The number of pyridine rings is 1. The molecule has 2 amide bonds. The van der Waals surface area contributed by atoms with Gasteiger partial charge in [-0.05, 0) is 57.2 Å². The van der Waals surface area contributed by atoms with Crippen molar-refractivity contribution < 1.29 is 14.7 Å². The minimum Gasteiger partial charge on any atom is -0.481 e. The summed E-state index contributed by atoms with van der Waals surface area (Å²) in [5.74, 6) is 0.647. The number of piperidine rings is 1. The molecule has 3 rings (SSSR count). The molecule has 0 aromatic carbocycles. The molecule has 8 heteroatoms. The third-order valence-corrected chi connectivity index (χ3v) is 6.19. The summed E-state index contributed by atoms with van der Waals surface area (Å²) in [7, 11) is 0. The van der Waals surface area contributed by atoms with Gasteiger partial charge in [0, 0.05) is 57.9 Å². The maximum absolute atomic E-state index is 12.4. The van der Waals surface area contributed by atoms with E-state index in [-0.39, 0.29) is 30.3 Å². The van der Waals surface area contributed by atoms with Gasteiger partial charge in [-0.3, -0.25) is 9.69 Å². The van der Waals surface area contributed by atoms with Gasteiger partial charge < -0.3 is 20.2 Å². The van der Waals surface area contributed by atoms with Crippen LogP contribution in [0.3, 0.4) is 0 Å². The molecule has 1 aromatic rings. The molecule has 30 heavy (non-hydrogen) atoms. The van der Waals surface area contributed by atoms with E-state index in [0.717, 1.165) is 51.4 Å². The number of hydrogen-bond donors (Lipinski definition) is 2. The van der Waals surface area contributed by atoms with Crippen molar-refractivity contribution in [2.24, 2.45) is 11.8 Å². The van der Waals surface area contributed by atoms with Crippen LogP contribution in [0.15, 0.2) is 24.4 Å². The summed E-state index contributed by atoms with van der Waals surface area (Å²) in [6, 6.07) is 6.06. The number of carbonyl (C=O) groups is 2. The molecule has 2 saturated heterocycles. The van der Waals surface area contributed by atoms with E-state index in [1.165, 1.54) is 0 Å². The second-order valence-corrected chi connectivity index (χ2v) is 8.76. The van der Waals surface area contributed by atoms with E-state index in [9.17, 15) is 14.7 Å². The fourth-order valence-electron chi connectivity index (χ4n) is 4.51. The monoisotopic (exact) mass is 417 g/mol. The molecule has 2 fully saturated rings. The molecule has 2 N–H and O–H groups in total. The summed E-state index contributed by atoms with van der Waals surface area (Å²) in [5.41, 5.74) is 0. The SMILES string of the molecule is CC(C)NC(=O)N1CCC(CC(=O)O)C(CCN2CCN(c3ccccn3)CC2)C1. The van der Waals surface area contributed by atoms with Crippen molar-refractivity contribution in [3.05, 3.63) is 24.4 Å². The standard InChI is InChI=1S/C22H35N5O3/c1-17(2)24-22(30)27-10-7-18(15-21(28)29)19(16-27)6-9-25-11-13-26(14-12-25)20-5-3-4-8-23-20/h3-5,8,17-19H,6-7,9-16H2,1-2H3,(H,24,30)(H,28,29). The highest BCUT2D eigenvalue weighted by Crippen LogP contribution is 2.29. The van der Waals surface area contributed by atoms with Crippen molar-refractivity contribution in [2.45, 2.75) is 39.2 Å². The Morgan fingerprint density at radius 2 is 1.93 bits per heavy atom.